The number of carbonyl (C=O) groups is 4. The van der Waals surface area contributed by atoms with Gasteiger partial charge in [-0.05, 0) is 56.3 Å². The van der Waals surface area contributed by atoms with Crippen LogP contribution in [0.5, 0.6) is 0 Å². The number of amides is 2. The molecule has 8 nitrogen and oxygen atoms in total. The van der Waals surface area contributed by atoms with E-state index in [4.69, 9.17) is 21.1 Å². The molecular weight excluding hydrogens is 424 g/mol. The molecule has 0 saturated carbocycles. The molecule has 0 aliphatic rings. The number of rotatable bonds is 9. The van der Waals surface area contributed by atoms with Gasteiger partial charge in [-0.3, -0.25) is 9.59 Å². The lowest BCUT2D eigenvalue weighted by Crippen LogP contribution is -2.27. The second-order valence-corrected chi connectivity index (χ2v) is 6.74. The summed E-state index contributed by atoms with van der Waals surface area (Å²) in [7, 11) is 0. The molecule has 0 aliphatic carbocycles. The standard InChI is InChI=1S/C22H23ClN2O6/c1-3-30-21(28)15-11-16(22(29)31-4-2)13-18(12-15)25-19(26)9-10-24-20(27)14-5-7-17(23)8-6-14/h5-8,11-13H,3-4,9-10H2,1-2H3,(H,24,27)(H,25,26). The van der Waals surface area contributed by atoms with Gasteiger partial charge in [-0.1, -0.05) is 11.6 Å². The first-order valence-electron chi connectivity index (χ1n) is 9.67. The summed E-state index contributed by atoms with van der Waals surface area (Å²) in [6.45, 7) is 3.74. The molecule has 164 valence electrons. The predicted octanol–water partition coefficient (Wildman–Crippen LogP) is 3.45. The van der Waals surface area contributed by atoms with Crippen LogP contribution in [0.3, 0.4) is 0 Å². The van der Waals surface area contributed by atoms with Gasteiger partial charge in [0, 0.05) is 29.2 Å². The normalized spacial score (nSPS) is 10.2. The second kappa shape index (κ2) is 11.7. The Balaban J connectivity index is 2.01. The van der Waals surface area contributed by atoms with Crippen LogP contribution in [0.4, 0.5) is 5.69 Å². The molecular formula is C22H23ClN2O6. The molecule has 0 aliphatic heterocycles. The first-order valence-corrected chi connectivity index (χ1v) is 10.0. The molecule has 0 radical (unpaired) electrons. The highest BCUT2D eigenvalue weighted by molar-refractivity contribution is 6.30. The van der Waals surface area contributed by atoms with Gasteiger partial charge in [-0.2, -0.15) is 0 Å². The highest BCUT2D eigenvalue weighted by atomic mass is 35.5. The van der Waals surface area contributed by atoms with Crippen LogP contribution < -0.4 is 10.6 Å². The van der Waals surface area contributed by atoms with Crippen molar-refractivity contribution in [2.24, 2.45) is 0 Å². The van der Waals surface area contributed by atoms with E-state index in [9.17, 15) is 19.2 Å². The van der Waals surface area contributed by atoms with Crippen LogP contribution in [0.25, 0.3) is 0 Å². The van der Waals surface area contributed by atoms with E-state index < -0.39 is 17.8 Å². The first kappa shape index (κ1) is 23.9. The molecule has 0 aromatic heterocycles. The summed E-state index contributed by atoms with van der Waals surface area (Å²) in [6, 6.07) is 10.5. The van der Waals surface area contributed by atoms with E-state index in [1.165, 1.54) is 18.2 Å². The fraction of sp³-hybridized carbons (Fsp3) is 0.273. The zero-order valence-corrected chi connectivity index (χ0v) is 18.0. The van der Waals surface area contributed by atoms with Crippen LogP contribution in [-0.2, 0) is 14.3 Å². The lowest BCUT2D eigenvalue weighted by Gasteiger charge is -2.11. The zero-order valence-electron chi connectivity index (χ0n) is 17.2. The molecule has 2 amide bonds. The van der Waals surface area contributed by atoms with Crippen LogP contribution in [0, 0.1) is 0 Å². The van der Waals surface area contributed by atoms with Crippen molar-refractivity contribution in [2.45, 2.75) is 20.3 Å². The van der Waals surface area contributed by atoms with Crippen molar-refractivity contribution in [1.29, 1.82) is 0 Å². The second-order valence-electron chi connectivity index (χ2n) is 6.30. The summed E-state index contributed by atoms with van der Waals surface area (Å²) in [5, 5.41) is 5.77. The predicted molar refractivity (Wildman–Crippen MR) is 115 cm³/mol. The van der Waals surface area contributed by atoms with Gasteiger partial charge in [0.2, 0.25) is 5.91 Å². The van der Waals surface area contributed by atoms with Crippen molar-refractivity contribution in [3.05, 3.63) is 64.2 Å². The third-order valence-electron chi connectivity index (χ3n) is 3.98. The summed E-state index contributed by atoms with van der Waals surface area (Å²) < 4.78 is 9.93. The van der Waals surface area contributed by atoms with Gasteiger partial charge in [0.1, 0.15) is 0 Å². The Morgan fingerprint density at radius 3 is 1.90 bits per heavy atom. The molecule has 0 unspecified atom stereocenters. The quantitative estimate of drug-likeness (QED) is 0.571. The van der Waals surface area contributed by atoms with E-state index in [-0.39, 0.29) is 48.9 Å². The minimum Gasteiger partial charge on any atom is -0.462 e. The van der Waals surface area contributed by atoms with E-state index in [1.807, 2.05) is 0 Å². The Kier molecular flexibility index (Phi) is 9.02. The smallest absolute Gasteiger partial charge is 0.338 e. The van der Waals surface area contributed by atoms with E-state index >= 15 is 0 Å². The van der Waals surface area contributed by atoms with Crippen LogP contribution in [0.1, 0.15) is 51.3 Å². The van der Waals surface area contributed by atoms with Crippen molar-refractivity contribution in [1.82, 2.24) is 5.32 Å². The highest BCUT2D eigenvalue weighted by Gasteiger charge is 2.16. The molecule has 0 fully saturated rings. The molecule has 31 heavy (non-hydrogen) atoms. The van der Waals surface area contributed by atoms with E-state index in [0.29, 0.717) is 10.6 Å². The number of anilines is 1. The van der Waals surface area contributed by atoms with Crippen molar-refractivity contribution >= 4 is 41.0 Å². The van der Waals surface area contributed by atoms with Gasteiger partial charge < -0.3 is 20.1 Å². The Bertz CT molecular complexity index is 923. The molecule has 0 spiro atoms. The number of benzene rings is 2. The van der Waals surface area contributed by atoms with Gasteiger partial charge in [-0.25, -0.2) is 9.59 Å². The number of carbonyl (C=O) groups excluding carboxylic acids is 4. The van der Waals surface area contributed by atoms with Crippen LogP contribution in [0.15, 0.2) is 42.5 Å². The van der Waals surface area contributed by atoms with Crippen LogP contribution in [-0.4, -0.2) is 43.5 Å². The number of ether oxygens (including phenoxy) is 2. The van der Waals surface area contributed by atoms with Crippen LogP contribution in [0.2, 0.25) is 5.02 Å². The lowest BCUT2D eigenvalue weighted by molar-refractivity contribution is -0.116. The molecule has 2 aromatic rings. The molecule has 0 saturated heterocycles. The van der Waals surface area contributed by atoms with Crippen molar-refractivity contribution < 1.29 is 28.7 Å². The van der Waals surface area contributed by atoms with Gasteiger partial charge in [-0.15, -0.1) is 0 Å². The highest BCUT2D eigenvalue weighted by Crippen LogP contribution is 2.18. The number of esters is 2. The number of nitrogens with one attached hydrogen (secondary N) is 2. The largest absolute Gasteiger partial charge is 0.462 e. The molecule has 2 N–H and O–H groups in total. The zero-order chi connectivity index (χ0) is 22.8. The number of hydrogen-bond donors (Lipinski definition) is 2. The maximum atomic E-state index is 12.3. The SMILES string of the molecule is CCOC(=O)c1cc(NC(=O)CCNC(=O)c2ccc(Cl)cc2)cc(C(=O)OCC)c1. The molecule has 0 bridgehead atoms. The maximum absolute atomic E-state index is 12.3. The monoisotopic (exact) mass is 446 g/mol. The van der Waals surface area contributed by atoms with E-state index in [2.05, 4.69) is 10.6 Å². The average Bonchev–Trinajstić information content (AvgIpc) is 2.74. The summed E-state index contributed by atoms with van der Waals surface area (Å²) in [4.78, 5) is 48.5. The molecule has 9 heteroatoms. The third-order valence-corrected chi connectivity index (χ3v) is 4.24. The summed E-state index contributed by atoms with van der Waals surface area (Å²) in [5.41, 5.74) is 0.881. The Morgan fingerprint density at radius 1 is 0.839 bits per heavy atom. The minimum absolute atomic E-state index is 0.0162. The summed E-state index contributed by atoms with van der Waals surface area (Å²) in [6.07, 6.45) is -0.0162. The Hall–Kier alpha value is -3.39. The fourth-order valence-electron chi connectivity index (χ4n) is 2.58. The van der Waals surface area contributed by atoms with Crippen molar-refractivity contribution in [3.8, 4) is 0 Å². The Labute approximate surface area is 184 Å². The molecule has 2 aromatic carbocycles. The third kappa shape index (κ3) is 7.42. The summed E-state index contributed by atoms with van der Waals surface area (Å²) in [5.74, 6) is -2.00. The lowest BCUT2D eigenvalue weighted by atomic mass is 10.1. The summed E-state index contributed by atoms with van der Waals surface area (Å²) >= 11 is 5.79. The number of hydrogen-bond acceptors (Lipinski definition) is 6. The fourth-order valence-corrected chi connectivity index (χ4v) is 2.71. The van der Waals surface area contributed by atoms with Gasteiger partial charge in [0.15, 0.2) is 0 Å². The topological polar surface area (TPSA) is 111 Å². The molecule has 0 heterocycles. The van der Waals surface area contributed by atoms with E-state index in [0.717, 1.165) is 0 Å². The molecule has 2 rings (SSSR count). The van der Waals surface area contributed by atoms with Gasteiger partial charge in [0.25, 0.3) is 5.91 Å². The Morgan fingerprint density at radius 2 is 1.39 bits per heavy atom. The van der Waals surface area contributed by atoms with E-state index in [1.54, 1.807) is 38.1 Å². The number of halogens is 1. The van der Waals surface area contributed by atoms with Gasteiger partial charge >= 0.3 is 11.9 Å². The van der Waals surface area contributed by atoms with Crippen molar-refractivity contribution in [3.63, 3.8) is 0 Å². The maximum Gasteiger partial charge on any atom is 0.338 e. The van der Waals surface area contributed by atoms with Crippen LogP contribution >= 0.6 is 11.6 Å². The average molecular weight is 447 g/mol. The minimum atomic E-state index is -0.626. The first-order chi connectivity index (χ1) is 14.8. The van der Waals surface area contributed by atoms with Gasteiger partial charge in [0.05, 0.1) is 24.3 Å². The van der Waals surface area contributed by atoms with Crippen molar-refractivity contribution in [2.75, 3.05) is 25.1 Å². The molecule has 0 atom stereocenters.